The van der Waals surface area contributed by atoms with Crippen LogP contribution in [0.5, 0.6) is 0 Å². The van der Waals surface area contributed by atoms with E-state index in [2.05, 4.69) is 20.2 Å². The quantitative estimate of drug-likeness (QED) is 0.714. The Morgan fingerprint density at radius 3 is 2.91 bits per heavy atom. The molecule has 0 aliphatic heterocycles. The summed E-state index contributed by atoms with van der Waals surface area (Å²) in [6.45, 7) is 0.365. The Bertz CT molecular complexity index is 811. The number of halogens is 3. The molecule has 3 aromatic rings. The molecule has 23 heavy (non-hydrogen) atoms. The standard InChI is InChI=1S/C13H12F3N5O2/c1-22-5-3-10-18-11(23-20-10)7-21-9-2-4-17-6-8(9)12(19-21)13(14,15)16/h2,4,6H,3,5,7H2,1H3. The van der Waals surface area contributed by atoms with Crippen molar-refractivity contribution in [2.75, 3.05) is 13.7 Å². The summed E-state index contributed by atoms with van der Waals surface area (Å²) in [4.78, 5) is 7.83. The fourth-order valence-corrected chi connectivity index (χ4v) is 2.13. The van der Waals surface area contributed by atoms with Gasteiger partial charge in [-0.15, -0.1) is 0 Å². The van der Waals surface area contributed by atoms with E-state index in [-0.39, 0.29) is 17.8 Å². The third kappa shape index (κ3) is 3.16. The third-order valence-corrected chi connectivity index (χ3v) is 3.15. The number of methoxy groups -OCH3 is 1. The van der Waals surface area contributed by atoms with Gasteiger partial charge >= 0.3 is 6.18 Å². The van der Waals surface area contributed by atoms with Crippen LogP contribution in [0.3, 0.4) is 0 Å². The van der Waals surface area contributed by atoms with Gasteiger partial charge in [0.2, 0.25) is 5.89 Å². The summed E-state index contributed by atoms with van der Waals surface area (Å²) in [5.41, 5.74) is -0.691. The average molecular weight is 327 g/mol. The van der Waals surface area contributed by atoms with E-state index in [0.717, 1.165) is 6.20 Å². The van der Waals surface area contributed by atoms with Crippen molar-refractivity contribution in [3.63, 3.8) is 0 Å². The van der Waals surface area contributed by atoms with Crippen LogP contribution in [-0.2, 0) is 23.9 Å². The van der Waals surface area contributed by atoms with Gasteiger partial charge < -0.3 is 9.26 Å². The molecule has 3 rings (SSSR count). The van der Waals surface area contributed by atoms with Crippen LogP contribution in [-0.4, -0.2) is 38.6 Å². The summed E-state index contributed by atoms with van der Waals surface area (Å²) in [5, 5.41) is 7.30. The highest BCUT2D eigenvalue weighted by atomic mass is 19.4. The number of alkyl halides is 3. The Labute approximate surface area is 128 Å². The Morgan fingerprint density at radius 2 is 2.17 bits per heavy atom. The Morgan fingerprint density at radius 1 is 1.35 bits per heavy atom. The first-order chi connectivity index (χ1) is 11.0. The molecule has 122 valence electrons. The summed E-state index contributed by atoms with van der Waals surface area (Å²) >= 11 is 0. The summed E-state index contributed by atoms with van der Waals surface area (Å²) in [6, 6.07) is 1.46. The van der Waals surface area contributed by atoms with Crippen molar-refractivity contribution in [2.45, 2.75) is 19.1 Å². The maximum absolute atomic E-state index is 13.0. The SMILES string of the molecule is COCCc1noc(Cn2nc(C(F)(F)F)c3cnccc32)n1. The highest BCUT2D eigenvalue weighted by Gasteiger charge is 2.37. The average Bonchev–Trinajstić information content (AvgIpc) is 3.10. The number of rotatable bonds is 5. The van der Waals surface area contributed by atoms with Crippen LogP contribution < -0.4 is 0 Å². The zero-order chi connectivity index (χ0) is 16.4. The first-order valence-electron chi connectivity index (χ1n) is 6.67. The molecule has 0 spiro atoms. The largest absolute Gasteiger partial charge is 0.435 e. The smallest absolute Gasteiger partial charge is 0.384 e. The second kappa shape index (κ2) is 5.95. The summed E-state index contributed by atoms with van der Waals surface area (Å²) in [5.74, 6) is 0.599. The fraction of sp³-hybridized carbons (Fsp3) is 0.385. The van der Waals surface area contributed by atoms with Gasteiger partial charge in [0.15, 0.2) is 11.5 Å². The number of hydrogen-bond acceptors (Lipinski definition) is 6. The molecule has 0 aliphatic rings. The Hall–Kier alpha value is -2.49. The summed E-state index contributed by atoms with van der Waals surface area (Å²) < 4.78 is 50.2. The monoisotopic (exact) mass is 327 g/mol. The second-order valence-corrected chi connectivity index (χ2v) is 4.74. The van der Waals surface area contributed by atoms with Crippen molar-refractivity contribution < 1.29 is 22.4 Å². The zero-order valence-electron chi connectivity index (χ0n) is 12.0. The van der Waals surface area contributed by atoms with E-state index in [1.165, 1.54) is 16.9 Å². The number of fused-ring (bicyclic) bond motifs is 1. The molecule has 0 saturated carbocycles. The van der Waals surface area contributed by atoms with Crippen molar-refractivity contribution in [1.29, 1.82) is 0 Å². The maximum Gasteiger partial charge on any atom is 0.435 e. The molecule has 7 nitrogen and oxygen atoms in total. The zero-order valence-corrected chi connectivity index (χ0v) is 12.0. The van der Waals surface area contributed by atoms with E-state index in [4.69, 9.17) is 9.26 Å². The number of pyridine rings is 1. The molecular weight excluding hydrogens is 315 g/mol. The minimum Gasteiger partial charge on any atom is -0.384 e. The van der Waals surface area contributed by atoms with Crippen molar-refractivity contribution >= 4 is 10.9 Å². The van der Waals surface area contributed by atoms with Gasteiger partial charge in [-0.2, -0.15) is 23.3 Å². The van der Waals surface area contributed by atoms with Gasteiger partial charge in [0.05, 0.1) is 17.5 Å². The van der Waals surface area contributed by atoms with Crippen LogP contribution >= 0.6 is 0 Å². The molecule has 0 aliphatic carbocycles. The third-order valence-electron chi connectivity index (χ3n) is 3.15. The molecule has 3 heterocycles. The lowest BCUT2D eigenvalue weighted by Crippen LogP contribution is -2.09. The lowest BCUT2D eigenvalue weighted by Gasteiger charge is -2.01. The van der Waals surface area contributed by atoms with E-state index in [9.17, 15) is 13.2 Å². The minimum absolute atomic E-state index is 0.0590. The van der Waals surface area contributed by atoms with Crippen molar-refractivity contribution in [3.8, 4) is 0 Å². The molecule has 3 aromatic heterocycles. The van der Waals surface area contributed by atoms with E-state index in [1.807, 2.05) is 0 Å². The molecule has 0 radical (unpaired) electrons. The van der Waals surface area contributed by atoms with Gasteiger partial charge in [0, 0.05) is 25.9 Å². The Balaban J connectivity index is 1.92. The van der Waals surface area contributed by atoms with Crippen LogP contribution in [0.25, 0.3) is 10.9 Å². The molecular formula is C13H12F3N5O2. The lowest BCUT2D eigenvalue weighted by molar-refractivity contribution is -0.140. The van der Waals surface area contributed by atoms with Crippen molar-refractivity contribution in [3.05, 3.63) is 35.9 Å². The van der Waals surface area contributed by atoms with Gasteiger partial charge in [-0.3, -0.25) is 9.67 Å². The lowest BCUT2D eigenvalue weighted by atomic mass is 10.2. The predicted octanol–water partition coefficient (Wildman–Crippen LogP) is 2.07. The molecule has 0 bridgehead atoms. The summed E-state index contributed by atoms with van der Waals surface area (Å²) in [7, 11) is 1.55. The van der Waals surface area contributed by atoms with E-state index < -0.39 is 11.9 Å². The van der Waals surface area contributed by atoms with Crippen LogP contribution in [0.2, 0.25) is 0 Å². The van der Waals surface area contributed by atoms with Crippen LogP contribution in [0, 0.1) is 0 Å². The number of hydrogen-bond donors (Lipinski definition) is 0. The van der Waals surface area contributed by atoms with Gasteiger partial charge in [-0.25, -0.2) is 0 Å². The van der Waals surface area contributed by atoms with E-state index >= 15 is 0 Å². The minimum atomic E-state index is -4.56. The molecule has 0 unspecified atom stereocenters. The molecule has 0 amide bonds. The molecule has 0 atom stereocenters. The van der Waals surface area contributed by atoms with Gasteiger partial charge in [0.1, 0.15) is 6.54 Å². The van der Waals surface area contributed by atoms with Gasteiger partial charge in [-0.1, -0.05) is 5.16 Å². The number of aromatic nitrogens is 5. The first kappa shape index (κ1) is 15.4. The van der Waals surface area contributed by atoms with Crippen LogP contribution in [0.4, 0.5) is 13.2 Å². The van der Waals surface area contributed by atoms with Crippen molar-refractivity contribution in [1.82, 2.24) is 24.9 Å². The predicted molar refractivity (Wildman–Crippen MR) is 71.5 cm³/mol. The van der Waals surface area contributed by atoms with E-state index in [1.54, 1.807) is 7.11 Å². The first-order valence-corrected chi connectivity index (χ1v) is 6.67. The number of nitrogens with zero attached hydrogens (tertiary/aromatic N) is 5. The highest BCUT2D eigenvalue weighted by molar-refractivity contribution is 5.81. The number of ether oxygens (including phenoxy) is 1. The second-order valence-electron chi connectivity index (χ2n) is 4.74. The maximum atomic E-state index is 13.0. The highest BCUT2D eigenvalue weighted by Crippen LogP contribution is 2.33. The summed E-state index contributed by atoms with van der Waals surface area (Å²) in [6.07, 6.45) is -1.57. The topological polar surface area (TPSA) is 78.9 Å². The van der Waals surface area contributed by atoms with Gasteiger partial charge in [0.25, 0.3) is 0 Å². The van der Waals surface area contributed by atoms with Gasteiger partial charge in [-0.05, 0) is 6.07 Å². The van der Waals surface area contributed by atoms with Crippen LogP contribution in [0.1, 0.15) is 17.4 Å². The van der Waals surface area contributed by atoms with Crippen LogP contribution in [0.15, 0.2) is 23.0 Å². The normalized spacial score (nSPS) is 12.2. The van der Waals surface area contributed by atoms with E-state index in [0.29, 0.717) is 24.4 Å². The molecule has 0 saturated heterocycles. The molecule has 0 aromatic carbocycles. The molecule has 0 fully saturated rings. The fourth-order valence-electron chi connectivity index (χ4n) is 2.13. The Kier molecular flexibility index (Phi) is 3.99. The van der Waals surface area contributed by atoms with Crippen molar-refractivity contribution in [2.24, 2.45) is 0 Å². The molecule has 0 N–H and O–H groups in total. The molecule has 10 heteroatoms.